The summed E-state index contributed by atoms with van der Waals surface area (Å²) in [5, 5.41) is 0. The summed E-state index contributed by atoms with van der Waals surface area (Å²) in [5.74, 6) is 0.790. The molecule has 0 unspecified atom stereocenters. The number of rotatable bonds is 3. The minimum Gasteiger partial charge on any atom is -0.326 e. The van der Waals surface area contributed by atoms with Gasteiger partial charge >= 0.3 is 0 Å². The quantitative estimate of drug-likeness (QED) is 0.870. The highest BCUT2D eigenvalue weighted by Gasteiger charge is 2.23. The van der Waals surface area contributed by atoms with Gasteiger partial charge in [-0.1, -0.05) is 24.3 Å². The Morgan fingerprint density at radius 2 is 2.06 bits per heavy atom. The van der Waals surface area contributed by atoms with Crippen molar-refractivity contribution in [2.45, 2.75) is 25.3 Å². The highest BCUT2D eigenvalue weighted by molar-refractivity contribution is 5.60. The van der Waals surface area contributed by atoms with Crippen molar-refractivity contribution in [3.05, 3.63) is 53.7 Å². The van der Waals surface area contributed by atoms with E-state index in [2.05, 4.69) is 29.2 Å². The maximum atomic E-state index is 5.57. The smallest absolute Gasteiger partial charge is 0.0702 e. The molecule has 2 N–H and O–H groups in total. The van der Waals surface area contributed by atoms with Crippen LogP contribution in [0.1, 0.15) is 29.9 Å². The average Bonchev–Trinajstić information content (AvgIpc) is 3.23. The third-order valence-corrected chi connectivity index (χ3v) is 3.29. The van der Waals surface area contributed by atoms with Crippen LogP contribution in [0, 0.1) is 0 Å². The topological polar surface area (TPSA) is 38.9 Å². The monoisotopic (exact) mass is 224 g/mol. The Hall–Kier alpha value is -1.67. The van der Waals surface area contributed by atoms with E-state index in [9.17, 15) is 0 Å². The Balaban J connectivity index is 1.93. The van der Waals surface area contributed by atoms with E-state index in [-0.39, 0.29) is 0 Å². The molecule has 2 nitrogen and oxygen atoms in total. The standard InChI is InChI=1S/C15H16N2/c16-9-11-4-7-15(17-10-11)14-3-1-2-13(8-14)12-5-6-12/h1-4,7-8,10,12H,5-6,9,16H2. The lowest BCUT2D eigenvalue weighted by atomic mass is 10.0. The van der Waals surface area contributed by atoms with Gasteiger partial charge < -0.3 is 5.73 Å². The molecule has 1 aromatic heterocycles. The Bertz CT molecular complexity index is 513. The molecule has 17 heavy (non-hydrogen) atoms. The summed E-state index contributed by atoms with van der Waals surface area (Å²) < 4.78 is 0. The van der Waals surface area contributed by atoms with E-state index in [0.29, 0.717) is 6.54 Å². The minimum absolute atomic E-state index is 0.551. The molecule has 1 aliphatic rings. The predicted octanol–water partition coefficient (Wildman–Crippen LogP) is 3.08. The molecule has 3 rings (SSSR count). The largest absolute Gasteiger partial charge is 0.326 e. The van der Waals surface area contributed by atoms with Gasteiger partial charge in [0, 0.05) is 18.3 Å². The van der Waals surface area contributed by atoms with Crippen LogP contribution < -0.4 is 5.73 Å². The van der Waals surface area contributed by atoms with E-state index in [1.165, 1.54) is 24.0 Å². The number of benzene rings is 1. The molecule has 1 aromatic carbocycles. The van der Waals surface area contributed by atoms with Crippen LogP contribution in [0.25, 0.3) is 11.3 Å². The summed E-state index contributed by atoms with van der Waals surface area (Å²) in [5.41, 5.74) is 10.3. The maximum Gasteiger partial charge on any atom is 0.0702 e. The predicted molar refractivity (Wildman–Crippen MR) is 69.5 cm³/mol. The lowest BCUT2D eigenvalue weighted by Crippen LogP contribution is -1.96. The first-order chi connectivity index (χ1) is 8.36. The van der Waals surface area contributed by atoms with E-state index < -0.39 is 0 Å². The van der Waals surface area contributed by atoms with Gasteiger partial charge in [-0.05, 0) is 42.0 Å². The number of hydrogen-bond donors (Lipinski definition) is 1. The van der Waals surface area contributed by atoms with Crippen LogP contribution in [-0.4, -0.2) is 4.98 Å². The van der Waals surface area contributed by atoms with Crippen molar-refractivity contribution in [1.82, 2.24) is 4.98 Å². The first kappa shape index (κ1) is 10.5. The van der Waals surface area contributed by atoms with Crippen molar-refractivity contribution < 1.29 is 0 Å². The molecular formula is C15H16N2. The highest BCUT2D eigenvalue weighted by atomic mass is 14.7. The van der Waals surface area contributed by atoms with Gasteiger partial charge in [0.05, 0.1) is 5.69 Å². The fourth-order valence-electron chi connectivity index (χ4n) is 2.08. The van der Waals surface area contributed by atoms with Gasteiger partial charge in [-0.3, -0.25) is 4.98 Å². The first-order valence-electron chi connectivity index (χ1n) is 6.12. The summed E-state index contributed by atoms with van der Waals surface area (Å²) in [4.78, 5) is 4.46. The molecule has 0 saturated heterocycles. The summed E-state index contributed by atoms with van der Waals surface area (Å²) in [7, 11) is 0. The molecule has 0 radical (unpaired) electrons. The second kappa shape index (κ2) is 4.30. The third kappa shape index (κ3) is 2.22. The zero-order chi connectivity index (χ0) is 11.7. The van der Waals surface area contributed by atoms with Crippen LogP contribution in [0.2, 0.25) is 0 Å². The Kier molecular flexibility index (Phi) is 2.65. The van der Waals surface area contributed by atoms with Crippen molar-refractivity contribution in [3.63, 3.8) is 0 Å². The highest BCUT2D eigenvalue weighted by Crippen LogP contribution is 2.40. The molecule has 1 saturated carbocycles. The Labute approximate surface area is 102 Å². The molecule has 1 aliphatic carbocycles. The Morgan fingerprint density at radius 1 is 1.18 bits per heavy atom. The van der Waals surface area contributed by atoms with E-state index >= 15 is 0 Å². The lowest BCUT2D eigenvalue weighted by Gasteiger charge is -2.04. The third-order valence-electron chi connectivity index (χ3n) is 3.29. The van der Waals surface area contributed by atoms with Gasteiger partial charge in [-0.2, -0.15) is 0 Å². The van der Waals surface area contributed by atoms with Gasteiger partial charge in [0.15, 0.2) is 0 Å². The zero-order valence-corrected chi connectivity index (χ0v) is 9.76. The second-order valence-corrected chi connectivity index (χ2v) is 4.66. The zero-order valence-electron chi connectivity index (χ0n) is 9.76. The van der Waals surface area contributed by atoms with Crippen LogP contribution in [0.15, 0.2) is 42.6 Å². The Morgan fingerprint density at radius 3 is 2.71 bits per heavy atom. The van der Waals surface area contributed by atoms with Crippen molar-refractivity contribution in [3.8, 4) is 11.3 Å². The molecule has 0 amide bonds. The van der Waals surface area contributed by atoms with Crippen molar-refractivity contribution in [2.24, 2.45) is 5.73 Å². The fourth-order valence-corrected chi connectivity index (χ4v) is 2.08. The van der Waals surface area contributed by atoms with Gasteiger partial charge in [0.1, 0.15) is 0 Å². The molecule has 0 spiro atoms. The molecule has 1 fully saturated rings. The number of hydrogen-bond acceptors (Lipinski definition) is 2. The van der Waals surface area contributed by atoms with Crippen LogP contribution in [0.3, 0.4) is 0 Å². The van der Waals surface area contributed by atoms with E-state index in [0.717, 1.165) is 17.2 Å². The summed E-state index contributed by atoms with van der Waals surface area (Å²) in [6.07, 6.45) is 4.53. The van der Waals surface area contributed by atoms with E-state index in [1.807, 2.05) is 18.3 Å². The van der Waals surface area contributed by atoms with Crippen LogP contribution >= 0.6 is 0 Å². The SMILES string of the molecule is NCc1ccc(-c2cccc(C3CC3)c2)nc1. The van der Waals surface area contributed by atoms with Crippen LogP contribution in [-0.2, 0) is 6.54 Å². The van der Waals surface area contributed by atoms with Gasteiger partial charge in [-0.15, -0.1) is 0 Å². The van der Waals surface area contributed by atoms with Gasteiger partial charge in [0.2, 0.25) is 0 Å². The average molecular weight is 224 g/mol. The number of nitrogens with two attached hydrogens (primary N) is 1. The van der Waals surface area contributed by atoms with E-state index in [4.69, 9.17) is 5.73 Å². The molecule has 2 heteroatoms. The second-order valence-electron chi connectivity index (χ2n) is 4.66. The van der Waals surface area contributed by atoms with E-state index in [1.54, 1.807) is 0 Å². The minimum atomic E-state index is 0.551. The van der Waals surface area contributed by atoms with Gasteiger partial charge in [0.25, 0.3) is 0 Å². The maximum absolute atomic E-state index is 5.57. The normalized spacial score (nSPS) is 14.9. The fraction of sp³-hybridized carbons (Fsp3) is 0.267. The molecule has 0 bridgehead atoms. The number of aromatic nitrogens is 1. The van der Waals surface area contributed by atoms with Crippen molar-refractivity contribution >= 4 is 0 Å². The lowest BCUT2D eigenvalue weighted by molar-refractivity contribution is 1.05. The summed E-state index contributed by atoms with van der Waals surface area (Å²) in [6.45, 7) is 0.551. The van der Waals surface area contributed by atoms with Gasteiger partial charge in [-0.25, -0.2) is 0 Å². The molecule has 86 valence electrons. The van der Waals surface area contributed by atoms with Crippen molar-refractivity contribution in [2.75, 3.05) is 0 Å². The molecule has 1 heterocycles. The molecular weight excluding hydrogens is 208 g/mol. The van der Waals surface area contributed by atoms with Crippen molar-refractivity contribution in [1.29, 1.82) is 0 Å². The van der Waals surface area contributed by atoms with Crippen LogP contribution in [0.4, 0.5) is 0 Å². The summed E-state index contributed by atoms with van der Waals surface area (Å²) >= 11 is 0. The number of nitrogens with zero attached hydrogens (tertiary/aromatic N) is 1. The molecule has 0 aliphatic heterocycles. The molecule has 2 aromatic rings. The number of pyridine rings is 1. The van der Waals surface area contributed by atoms with Crippen LogP contribution in [0.5, 0.6) is 0 Å². The first-order valence-corrected chi connectivity index (χ1v) is 6.12. The summed E-state index contributed by atoms with van der Waals surface area (Å²) in [6, 6.07) is 12.8. The molecule has 0 atom stereocenters.